The first kappa shape index (κ1) is 15.1. The number of fused-ring (bicyclic) bond motifs is 1. The second kappa shape index (κ2) is 5.61. The lowest BCUT2D eigenvalue weighted by Gasteiger charge is -2.21. The lowest BCUT2D eigenvalue weighted by Crippen LogP contribution is -3.00. The van der Waals surface area contributed by atoms with Crippen molar-refractivity contribution < 1.29 is 12.4 Å². The van der Waals surface area contributed by atoms with Crippen LogP contribution < -0.4 is 23.7 Å². The molecule has 0 atom stereocenters. The van der Waals surface area contributed by atoms with Gasteiger partial charge in [0.25, 0.3) is 5.56 Å². The molecule has 0 radical (unpaired) electrons. The fourth-order valence-electron chi connectivity index (χ4n) is 2.31. The van der Waals surface area contributed by atoms with E-state index in [1.165, 1.54) is 11.6 Å². The van der Waals surface area contributed by atoms with Crippen LogP contribution in [0.4, 0.5) is 0 Å². The monoisotopic (exact) mass is 308 g/mol. The van der Waals surface area contributed by atoms with E-state index in [1.807, 2.05) is 29.3 Å². The van der Waals surface area contributed by atoms with Crippen LogP contribution in [0, 0.1) is 0 Å². The molecule has 3 heterocycles. The number of aryl methyl sites for hydroxylation is 1. The second-order valence-corrected chi connectivity index (χ2v) is 4.77. The van der Waals surface area contributed by atoms with Gasteiger partial charge in [0.05, 0.1) is 13.0 Å². The fraction of sp³-hybridized carbons (Fsp3) is 0.308. The SMILES string of the molecule is Cn1c(=O)c2c(ncn2CN2C=CC=CC2)n(C)c1=O.[Cl-]. The maximum atomic E-state index is 12.3. The molecule has 1 aliphatic heterocycles. The quantitative estimate of drug-likeness (QED) is 0.585. The predicted molar refractivity (Wildman–Crippen MR) is 75.2 cm³/mol. The Hall–Kier alpha value is -2.28. The number of rotatable bonds is 2. The second-order valence-electron chi connectivity index (χ2n) is 4.77. The Bertz CT molecular complexity index is 843. The van der Waals surface area contributed by atoms with Crippen molar-refractivity contribution in [2.75, 3.05) is 6.54 Å². The van der Waals surface area contributed by atoms with Crippen LogP contribution in [0.5, 0.6) is 0 Å². The van der Waals surface area contributed by atoms with Crippen LogP contribution in [0.2, 0.25) is 0 Å². The number of allylic oxidation sites excluding steroid dienone is 2. The Kier molecular flexibility index (Phi) is 4.04. The van der Waals surface area contributed by atoms with E-state index in [0.29, 0.717) is 17.8 Å². The smallest absolute Gasteiger partial charge is 0.332 e. The molecule has 1 aliphatic rings. The molecule has 0 unspecified atom stereocenters. The molecule has 0 fully saturated rings. The van der Waals surface area contributed by atoms with Crippen LogP contribution in [0.3, 0.4) is 0 Å². The zero-order chi connectivity index (χ0) is 14.3. The lowest BCUT2D eigenvalue weighted by molar-refractivity contribution is -0.00000433. The summed E-state index contributed by atoms with van der Waals surface area (Å²) in [6.45, 7) is 1.30. The minimum Gasteiger partial charge on any atom is -1.00 e. The summed E-state index contributed by atoms with van der Waals surface area (Å²) < 4.78 is 4.26. The van der Waals surface area contributed by atoms with Crippen LogP contribution in [0.15, 0.2) is 40.3 Å². The zero-order valence-electron chi connectivity index (χ0n) is 11.7. The van der Waals surface area contributed by atoms with E-state index in [4.69, 9.17) is 0 Å². The summed E-state index contributed by atoms with van der Waals surface area (Å²) >= 11 is 0. The van der Waals surface area contributed by atoms with Crippen LogP contribution in [0.1, 0.15) is 0 Å². The zero-order valence-corrected chi connectivity index (χ0v) is 12.5. The minimum absolute atomic E-state index is 0. The molecule has 112 valence electrons. The van der Waals surface area contributed by atoms with E-state index in [0.717, 1.165) is 11.1 Å². The highest BCUT2D eigenvalue weighted by atomic mass is 35.5. The molecule has 0 N–H and O–H groups in total. The van der Waals surface area contributed by atoms with Crippen LogP contribution in [-0.2, 0) is 20.8 Å². The average Bonchev–Trinajstić information content (AvgIpc) is 2.88. The Balaban J connectivity index is 0.00000161. The van der Waals surface area contributed by atoms with Crippen molar-refractivity contribution in [3.63, 3.8) is 0 Å². The van der Waals surface area contributed by atoms with Crippen LogP contribution >= 0.6 is 0 Å². The third kappa shape index (κ3) is 2.40. The van der Waals surface area contributed by atoms with E-state index in [2.05, 4.69) is 4.98 Å². The van der Waals surface area contributed by atoms with Gasteiger partial charge >= 0.3 is 5.69 Å². The van der Waals surface area contributed by atoms with Crippen molar-refractivity contribution in [2.45, 2.75) is 6.67 Å². The Morgan fingerprint density at radius 3 is 2.62 bits per heavy atom. The summed E-state index contributed by atoms with van der Waals surface area (Å²) in [5.41, 5.74) is 0.165. The molecule has 2 aromatic heterocycles. The number of nitrogens with zero attached hydrogens (tertiary/aromatic N) is 5. The first-order valence-corrected chi connectivity index (χ1v) is 6.28. The molecule has 0 amide bonds. The van der Waals surface area contributed by atoms with Gasteiger partial charge in [-0.3, -0.25) is 13.9 Å². The third-order valence-corrected chi connectivity index (χ3v) is 3.44. The van der Waals surface area contributed by atoms with E-state index in [1.54, 1.807) is 17.9 Å². The third-order valence-electron chi connectivity index (χ3n) is 3.44. The van der Waals surface area contributed by atoms with E-state index < -0.39 is 0 Å². The molecule has 0 saturated carbocycles. The molecule has 2 aromatic rings. The maximum Gasteiger partial charge on any atom is 0.332 e. The first-order chi connectivity index (χ1) is 9.59. The van der Waals surface area contributed by atoms with Crippen LogP contribution in [0.25, 0.3) is 11.2 Å². The molecular weight excluding hydrogens is 294 g/mol. The van der Waals surface area contributed by atoms with Gasteiger partial charge in [0.15, 0.2) is 11.2 Å². The summed E-state index contributed by atoms with van der Waals surface area (Å²) in [4.78, 5) is 30.3. The Morgan fingerprint density at radius 2 is 1.95 bits per heavy atom. The van der Waals surface area contributed by atoms with Crippen molar-refractivity contribution in [3.05, 3.63) is 51.6 Å². The minimum atomic E-state index is -0.367. The van der Waals surface area contributed by atoms with Gasteiger partial charge in [-0.15, -0.1) is 0 Å². The molecular formula is C13H15ClN5O2-. The molecule has 0 bridgehead atoms. The summed E-state index contributed by atoms with van der Waals surface area (Å²) in [7, 11) is 3.09. The number of imidazole rings is 1. The summed E-state index contributed by atoms with van der Waals surface area (Å²) in [5, 5.41) is 0. The normalized spacial score (nSPS) is 13.7. The van der Waals surface area contributed by atoms with Gasteiger partial charge in [0.1, 0.15) is 0 Å². The molecule has 21 heavy (non-hydrogen) atoms. The highest BCUT2D eigenvalue weighted by Crippen LogP contribution is 2.08. The van der Waals surface area contributed by atoms with Gasteiger partial charge in [-0.1, -0.05) is 12.2 Å². The van der Waals surface area contributed by atoms with E-state index >= 15 is 0 Å². The molecule has 0 aliphatic carbocycles. The highest BCUT2D eigenvalue weighted by Gasteiger charge is 2.15. The number of hydrogen-bond donors (Lipinski definition) is 0. The molecule has 0 spiro atoms. The highest BCUT2D eigenvalue weighted by molar-refractivity contribution is 5.69. The largest absolute Gasteiger partial charge is 1.00 e. The van der Waals surface area contributed by atoms with Gasteiger partial charge in [-0.25, -0.2) is 9.78 Å². The summed E-state index contributed by atoms with van der Waals surface area (Å²) in [6.07, 6.45) is 9.50. The van der Waals surface area contributed by atoms with Gasteiger partial charge in [-0.2, -0.15) is 0 Å². The lowest BCUT2D eigenvalue weighted by atomic mass is 10.4. The maximum absolute atomic E-state index is 12.3. The predicted octanol–water partition coefficient (Wildman–Crippen LogP) is -3.22. The average molecular weight is 309 g/mol. The molecule has 0 aromatic carbocycles. The molecule has 7 nitrogen and oxygen atoms in total. The number of hydrogen-bond acceptors (Lipinski definition) is 4. The molecule has 3 rings (SSSR count). The van der Waals surface area contributed by atoms with Gasteiger partial charge in [0.2, 0.25) is 0 Å². The Labute approximate surface area is 126 Å². The van der Waals surface area contributed by atoms with Crippen molar-refractivity contribution in [1.29, 1.82) is 0 Å². The van der Waals surface area contributed by atoms with Crippen molar-refractivity contribution in [2.24, 2.45) is 14.1 Å². The topological polar surface area (TPSA) is 65.1 Å². The van der Waals surface area contributed by atoms with Crippen molar-refractivity contribution >= 4 is 11.2 Å². The van der Waals surface area contributed by atoms with E-state index in [-0.39, 0.29) is 23.7 Å². The number of halogens is 1. The molecule has 8 heteroatoms. The first-order valence-electron chi connectivity index (χ1n) is 6.28. The van der Waals surface area contributed by atoms with Crippen LogP contribution in [-0.4, -0.2) is 30.1 Å². The standard InChI is InChI=1S/C13H15N5O2.ClH/c1-15-11-10(12(19)16(2)13(15)20)18(8-14-11)9-17-6-4-3-5-7-17;/h3-6,8H,7,9H2,1-2H3;1H/p-1. The fourth-order valence-corrected chi connectivity index (χ4v) is 2.31. The van der Waals surface area contributed by atoms with Crippen molar-refractivity contribution in [3.8, 4) is 0 Å². The van der Waals surface area contributed by atoms with Gasteiger partial charge in [0, 0.05) is 26.8 Å². The Morgan fingerprint density at radius 1 is 1.19 bits per heavy atom. The molecule has 0 saturated heterocycles. The van der Waals surface area contributed by atoms with Gasteiger partial charge in [-0.05, 0) is 6.08 Å². The van der Waals surface area contributed by atoms with Gasteiger partial charge < -0.3 is 21.9 Å². The summed E-state index contributed by atoms with van der Waals surface area (Å²) in [5.74, 6) is 0. The van der Waals surface area contributed by atoms with E-state index in [9.17, 15) is 9.59 Å². The summed E-state index contributed by atoms with van der Waals surface area (Å²) in [6, 6.07) is 0. The van der Waals surface area contributed by atoms with Crippen molar-refractivity contribution in [1.82, 2.24) is 23.6 Å². The number of aromatic nitrogens is 4.